The first-order chi connectivity index (χ1) is 22.3. The zero-order valence-corrected chi connectivity index (χ0v) is 24.6. The van der Waals surface area contributed by atoms with Gasteiger partial charge in [-0.3, -0.25) is 4.98 Å². The van der Waals surface area contributed by atoms with Crippen LogP contribution in [0.2, 0.25) is 0 Å². The van der Waals surface area contributed by atoms with Crippen LogP contribution in [-0.2, 0) is 0 Å². The van der Waals surface area contributed by atoms with Crippen molar-refractivity contribution in [1.29, 1.82) is 0 Å². The molecule has 2 nitrogen and oxygen atoms in total. The Morgan fingerprint density at radius 1 is 0.356 bits per heavy atom. The molecule has 0 atom stereocenters. The molecule has 2 heterocycles. The molecular weight excluding hydrogens is 544 g/mol. The molecular formula is C43H28N2. The van der Waals surface area contributed by atoms with Crippen molar-refractivity contribution in [3.63, 3.8) is 0 Å². The number of benzene rings is 7. The molecule has 45 heavy (non-hydrogen) atoms. The fraction of sp³-hybridized carbons (Fsp3) is 0. The van der Waals surface area contributed by atoms with Crippen LogP contribution in [0.4, 0.5) is 0 Å². The van der Waals surface area contributed by atoms with Gasteiger partial charge in [-0.2, -0.15) is 0 Å². The van der Waals surface area contributed by atoms with Gasteiger partial charge in [-0.25, -0.2) is 0 Å². The summed E-state index contributed by atoms with van der Waals surface area (Å²) in [5.74, 6) is 0. The van der Waals surface area contributed by atoms with Crippen molar-refractivity contribution in [2.24, 2.45) is 0 Å². The minimum absolute atomic E-state index is 1.01. The highest BCUT2D eigenvalue weighted by molar-refractivity contribution is 6.21. The van der Waals surface area contributed by atoms with Crippen molar-refractivity contribution in [3.05, 3.63) is 170 Å². The number of rotatable bonds is 4. The highest BCUT2D eigenvalue weighted by Gasteiger charge is 2.18. The molecule has 2 aromatic heterocycles. The summed E-state index contributed by atoms with van der Waals surface area (Å²) >= 11 is 0. The third-order valence-corrected chi connectivity index (χ3v) is 9.02. The summed E-state index contributed by atoms with van der Waals surface area (Å²) in [7, 11) is 0. The standard InChI is InChI=1S/C43H28N2/c1-3-13-29(14-4-1)31-24-25-38-40(28-31)45(39-23-12-26-44-43(38)39)33-18-11-17-32(27-33)42-36-21-9-7-19-34(36)41(30-15-5-2-6-16-30)35-20-8-10-22-37(35)42/h1-28H. The van der Waals surface area contributed by atoms with Gasteiger partial charge in [0.1, 0.15) is 0 Å². The Morgan fingerprint density at radius 2 is 0.933 bits per heavy atom. The van der Waals surface area contributed by atoms with Crippen LogP contribution >= 0.6 is 0 Å². The van der Waals surface area contributed by atoms with E-state index in [4.69, 9.17) is 4.98 Å². The van der Waals surface area contributed by atoms with Gasteiger partial charge < -0.3 is 4.57 Å². The van der Waals surface area contributed by atoms with E-state index >= 15 is 0 Å². The van der Waals surface area contributed by atoms with Crippen LogP contribution < -0.4 is 0 Å². The van der Waals surface area contributed by atoms with Gasteiger partial charge >= 0.3 is 0 Å². The Balaban J connectivity index is 1.33. The van der Waals surface area contributed by atoms with E-state index in [1.54, 1.807) is 0 Å². The molecule has 0 bridgehead atoms. The second kappa shape index (κ2) is 10.3. The molecule has 0 saturated heterocycles. The van der Waals surface area contributed by atoms with E-state index in [1.807, 2.05) is 12.3 Å². The summed E-state index contributed by atoms with van der Waals surface area (Å²) < 4.78 is 2.37. The lowest BCUT2D eigenvalue weighted by atomic mass is 9.86. The van der Waals surface area contributed by atoms with Crippen LogP contribution in [-0.4, -0.2) is 9.55 Å². The number of hydrogen-bond donors (Lipinski definition) is 0. The molecule has 0 N–H and O–H groups in total. The Labute approximate surface area is 261 Å². The molecule has 210 valence electrons. The van der Waals surface area contributed by atoms with Crippen LogP contribution in [0.1, 0.15) is 0 Å². The van der Waals surface area contributed by atoms with Gasteiger partial charge in [-0.05, 0) is 91.3 Å². The maximum atomic E-state index is 4.84. The first-order valence-electron chi connectivity index (χ1n) is 15.4. The third kappa shape index (κ3) is 4.07. The fourth-order valence-corrected chi connectivity index (χ4v) is 7.08. The first-order valence-corrected chi connectivity index (χ1v) is 15.4. The summed E-state index contributed by atoms with van der Waals surface area (Å²) in [6.07, 6.45) is 1.89. The predicted octanol–water partition coefficient (Wildman–Crippen LogP) is 11.5. The molecule has 0 amide bonds. The highest BCUT2D eigenvalue weighted by atomic mass is 15.0. The SMILES string of the molecule is c1ccc(-c2ccc3c4ncccc4n(-c4cccc(-c5c6ccccc6c(-c6ccccc6)c6ccccc56)c4)c3c2)cc1. The maximum absolute atomic E-state index is 4.84. The lowest BCUT2D eigenvalue weighted by Crippen LogP contribution is -1.96. The summed E-state index contributed by atoms with van der Waals surface area (Å²) in [5, 5.41) is 6.18. The van der Waals surface area contributed by atoms with Gasteiger partial charge in [0.15, 0.2) is 0 Å². The molecule has 0 aliphatic rings. The van der Waals surface area contributed by atoms with E-state index in [9.17, 15) is 0 Å². The third-order valence-electron chi connectivity index (χ3n) is 9.02. The average Bonchev–Trinajstić information content (AvgIpc) is 3.45. The first kappa shape index (κ1) is 25.5. The summed E-state index contributed by atoms with van der Waals surface area (Å²) in [6, 6.07) is 59.0. The normalized spacial score (nSPS) is 11.6. The zero-order chi connectivity index (χ0) is 29.7. The number of aromatic nitrogens is 2. The molecule has 2 heteroatoms. The van der Waals surface area contributed by atoms with Crippen molar-refractivity contribution < 1.29 is 0 Å². The average molecular weight is 573 g/mol. The summed E-state index contributed by atoms with van der Waals surface area (Å²) in [6.45, 7) is 0. The number of nitrogens with zero attached hydrogens (tertiary/aromatic N) is 2. The summed E-state index contributed by atoms with van der Waals surface area (Å²) in [5.41, 5.74) is 11.7. The van der Waals surface area contributed by atoms with Crippen molar-refractivity contribution in [2.75, 3.05) is 0 Å². The van der Waals surface area contributed by atoms with E-state index in [-0.39, 0.29) is 0 Å². The number of pyridine rings is 1. The minimum Gasteiger partial charge on any atom is -0.308 e. The van der Waals surface area contributed by atoms with E-state index in [0.717, 1.165) is 27.6 Å². The fourth-order valence-electron chi connectivity index (χ4n) is 7.08. The minimum atomic E-state index is 1.01. The van der Waals surface area contributed by atoms with Gasteiger partial charge in [0, 0.05) is 17.3 Å². The Morgan fingerprint density at radius 3 is 1.60 bits per heavy atom. The van der Waals surface area contributed by atoms with E-state index in [0.29, 0.717) is 0 Å². The molecule has 0 radical (unpaired) electrons. The van der Waals surface area contributed by atoms with Crippen LogP contribution in [0.25, 0.3) is 82.5 Å². The number of fused-ring (bicyclic) bond motifs is 5. The Kier molecular flexibility index (Phi) is 5.85. The largest absolute Gasteiger partial charge is 0.308 e. The second-order valence-corrected chi connectivity index (χ2v) is 11.6. The van der Waals surface area contributed by atoms with Crippen LogP contribution in [0, 0.1) is 0 Å². The molecule has 0 aliphatic carbocycles. The summed E-state index contributed by atoms with van der Waals surface area (Å²) in [4.78, 5) is 4.84. The molecule has 0 aliphatic heterocycles. The molecule has 0 unspecified atom stereocenters. The Bertz CT molecular complexity index is 2470. The molecule has 0 fully saturated rings. The van der Waals surface area contributed by atoms with Crippen molar-refractivity contribution in [3.8, 4) is 39.1 Å². The van der Waals surface area contributed by atoms with Gasteiger partial charge in [-0.1, -0.05) is 127 Å². The monoisotopic (exact) mass is 572 g/mol. The van der Waals surface area contributed by atoms with Gasteiger partial charge in [0.05, 0.1) is 16.6 Å². The maximum Gasteiger partial charge on any atom is 0.0963 e. The number of hydrogen-bond acceptors (Lipinski definition) is 1. The van der Waals surface area contributed by atoms with Crippen molar-refractivity contribution in [2.45, 2.75) is 0 Å². The highest BCUT2D eigenvalue weighted by Crippen LogP contribution is 2.44. The quantitative estimate of drug-likeness (QED) is 0.192. The van der Waals surface area contributed by atoms with Crippen LogP contribution in [0.5, 0.6) is 0 Å². The van der Waals surface area contributed by atoms with Gasteiger partial charge in [0.2, 0.25) is 0 Å². The van der Waals surface area contributed by atoms with E-state index in [2.05, 4.69) is 162 Å². The Hall–Kier alpha value is -5.99. The molecule has 9 rings (SSSR count). The second-order valence-electron chi connectivity index (χ2n) is 11.6. The lowest BCUT2D eigenvalue weighted by Gasteiger charge is -2.18. The molecule has 7 aromatic carbocycles. The van der Waals surface area contributed by atoms with E-state index < -0.39 is 0 Å². The van der Waals surface area contributed by atoms with Crippen LogP contribution in [0.3, 0.4) is 0 Å². The smallest absolute Gasteiger partial charge is 0.0963 e. The van der Waals surface area contributed by atoms with Gasteiger partial charge in [0.25, 0.3) is 0 Å². The van der Waals surface area contributed by atoms with Gasteiger partial charge in [-0.15, -0.1) is 0 Å². The topological polar surface area (TPSA) is 17.8 Å². The molecule has 9 aromatic rings. The van der Waals surface area contributed by atoms with Crippen molar-refractivity contribution in [1.82, 2.24) is 9.55 Å². The van der Waals surface area contributed by atoms with Crippen LogP contribution in [0.15, 0.2) is 170 Å². The van der Waals surface area contributed by atoms with Crippen molar-refractivity contribution >= 4 is 43.5 Å². The molecule has 0 saturated carbocycles. The molecule has 0 spiro atoms. The van der Waals surface area contributed by atoms with E-state index in [1.165, 1.54) is 54.9 Å². The zero-order valence-electron chi connectivity index (χ0n) is 24.6. The lowest BCUT2D eigenvalue weighted by molar-refractivity contribution is 1.18. The predicted molar refractivity (Wildman–Crippen MR) is 190 cm³/mol.